The zero-order valence-corrected chi connectivity index (χ0v) is 22.2. The van der Waals surface area contributed by atoms with Crippen molar-refractivity contribution in [3.8, 4) is 23.0 Å². The molecule has 0 spiro atoms. The number of benzene rings is 4. The monoisotopic (exact) mass is 524 g/mol. The number of hydrogen-bond donors (Lipinski definition) is 0. The Morgan fingerprint density at radius 1 is 0.385 bits per heavy atom. The summed E-state index contributed by atoms with van der Waals surface area (Å²) in [6, 6.07) is 30.1. The second-order valence-electron chi connectivity index (χ2n) is 8.54. The molecule has 0 N–H and O–H groups in total. The molecule has 0 atom stereocenters. The lowest BCUT2D eigenvalue weighted by Crippen LogP contribution is -2.00. The lowest BCUT2D eigenvalue weighted by atomic mass is 10.2. The Bertz CT molecular complexity index is 1220. The number of hydrogen-bond acceptors (Lipinski definition) is 8. The molecule has 0 amide bonds. The normalized spacial score (nSPS) is 11.1. The van der Waals surface area contributed by atoms with Crippen molar-refractivity contribution in [1.82, 2.24) is 0 Å². The van der Waals surface area contributed by atoms with Gasteiger partial charge in [0.05, 0.1) is 50.2 Å². The maximum Gasteiger partial charge on any atom is 0.119 e. The molecule has 4 aromatic rings. The van der Waals surface area contributed by atoms with Crippen molar-refractivity contribution in [2.75, 3.05) is 27.4 Å². The molecule has 4 rings (SSSR count). The Morgan fingerprint density at radius 2 is 0.667 bits per heavy atom. The lowest BCUT2D eigenvalue weighted by molar-refractivity contribution is 0.279. The Labute approximate surface area is 229 Å². The minimum atomic E-state index is 0.653. The van der Waals surface area contributed by atoms with Gasteiger partial charge in [-0.3, -0.25) is 0 Å². The average molecular weight is 525 g/mol. The molecule has 0 saturated carbocycles. The van der Waals surface area contributed by atoms with E-state index in [0.29, 0.717) is 13.2 Å². The van der Waals surface area contributed by atoms with E-state index in [-0.39, 0.29) is 0 Å². The highest BCUT2D eigenvalue weighted by Gasteiger charge is 1.99. The minimum Gasteiger partial charge on any atom is -0.497 e. The molecule has 0 unspecified atom stereocenters. The summed E-state index contributed by atoms with van der Waals surface area (Å²) in [5.41, 5.74) is 3.07. The first-order valence-corrected chi connectivity index (χ1v) is 12.8. The van der Waals surface area contributed by atoms with Crippen LogP contribution in [0.25, 0.3) is 0 Å². The van der Waals surface area contributed by atoms with Crippen LogP contribution in [0.1, 0.15) is 19.3 Å². The third kappa shape index (κ3) is 9.27. The van der Waals surface area contributed by atoms with Crippen LogP contribution < -0.4 is 18.9 Å². The molecule has 4 aromatic carbocycles. The third-order valence-corrected chi connectivity index (χ3v) is 5.71. The molecule has 0 aliphatic rings. The molecular formula is C31H32N4O4. The molecule has 0 aliphatic heterocycles. The molecule has 0 radical (unpaired) electrons. The maximum atomic E-state index is 5.84. The second-order valence-corrected chi connectivity index (χ2v) is 8.54. The van der Waals surface area contributed by atoms with Crippen LogP contribution in [-0.4, -0.2) is 27.4 Å². The molecular weight excluding hydrogens is 492 g/mol. The fourth-order valence-electron chi connectivity index (χ4n) is 3.51. The molecule has 200 valence electrons. The number of unbranched alkanes of at least 4 members (excludes halogenated alkanes) is 2. The average Bonchev–Trinajstić information content (AvgIpc) is 3.00. The van der Waals surface area contributed by atoms with E-state index in [1.165, 1.54) is 0 Å². The molecule has 0 aliphatic carbocycles. The van der Waals surface area contributed by atoms with Crippen molar-refractivity contribution < 1.29 is 18.9 Å². The Balaban J connectivity index is 1.08. The van der Waals surface area contributed by atoms with Gasteiger partial charge in [-0.1, -0.05) is 0 Å². The van der Waals surface area contributed by atoms with Gasteiger partial charge in [0.1, 0.15) is 23.0 Å². The van der Waals surface area contributed by atoms with Crippen molar-refractivity contribution in [1.29, 1.82) is 0 Å². The van der Waals surface area contributed by atoms with Crippen LogP contribution >= 0.6 is 0 Å². The van der Waals surface area contributed by atoms with Crippen molar-refractivity contribution in [3.05, 3.63) is 97.1 Å². The van der Waals surface area contributed by atoms with Crippen molar-refractivity contribution in [2.24, 2.45) is 20.5 Å². The van der Waals surface area contributed by atoms with E-state index < -0.39 is 0 Å². The van der Waals surface area contributed by atoms with Gasteiger partial charge in [-0.05, 0) is 116 Å². The summed E-state index contributed by atoms with van der Waals surface area (Å²) >= 11 is 0. The van der Waals surface area contributed by atoms with E-state index in [1.807, 2.05) is 97.1 Å². The summed E-state index contributed by atoms with van der Waals surface area (Å²) in [4.78, 5) is 0. The van der Waals surface area contributed by atoms with Gasteiger partial charge in [-0.2, -0.15) is 20.5 Å². The molecule has 0 fully saturated rings. The summed E-state index contributed by atoms with van der Waals surface area (Å²) in [6.07, 6.45) is 2.92. The van der Waals surface area contributed by atoms with Gasteiger partial charge in [0, 0.05) is 0 Å². The van der Waals surface area contributed by atoms with Crippen molar-refractivity contribution in [2.45, 2.75) is 19.3 Å². The smallest absolute Gasteiger partial charge is 0.119 e. The third-order valence-electron chi connectivity index (χ3n) is 5.71. The van der Waals surface area contributed by atoms with Gasteiger partial charge in [0.2, 0.25) is 0 Å². The number of methoxy groups -OCH3 is 2. The van der Waals surface area contributed by atoms with Gasteiger partial charge < -0.3 is 18.9 Å². The Hall–Kier alpha value is -4.72. The molecule has 8 heteroatoms. The van der Waals surface area contributed by atoms with Gasteiger partial charge in [-0.25, -0.2) is 0 Å². The number of ether oxygens (including phenoxy) is 4. The van der Waals surface area contributed by atoms with Crippen LogP contribution in [0.15, 0.2) is 118 Å². The summed E-state index contributed by atoms with van der Waals surface area (Å²) in [5, 5.41) is 17.0. The molecule has 8 nitrogen and oxygen atoms in total. The second kappa shape index (κ2) is 14.9. The topological polar surface area (TPSA) is 86.4 Å². The maximum absolute atomic E-state index is 5.84. The van der Waals surface area contributed by atoms with Crippen LogP contribution in [0.3, 0.4) is 0 Å². The largest absolute Gasteiger partial charge is 0.497 e. The molecule has 0 bridgehead atoms. The predicted octanol–water partition coefficient (Wildman–Crippen LogP) is 9.16. The van der Waals surface area contributed by atoms with Crippen LogP contribution in [-0.2, 0) is 0 Å². The summed E-state index contributed by atoms with van der Waals surface area (Å²) in [6.45, 7) is 1.31. The first-order chi connectivity index (χ1) is 19.2. The van der Waals surface area contributed by atoms with Gasteiger partial charge in [-0.15, -0.1) is 0 Å². The highest BCUT2D eigenvalue weighted by molar-refractivity contribution is 5.45. The zero-order chi connectivity index (χ0) is 27.1. The highest BCUT2D eigenvalue weighted by atomic mass is 16.5. The lowest BCUT2D eigenvalue weighted by Gasteiger charge is -2.08. The van der Waals surface area contributed by atoms with E-state index in [0.717, 1.165) is 65.0 Å². The molecule has 39 heavy (non-hydrogen) atoms. The van der Waals surface area contributed by atoms with Crippen molar-refractivity contribution >= 4 is 22.7 Å². The van der Waals surface area contributed by atoms with Crippen molar-refractivity contribution in [3.63, 3.8) is 0 Å². The van der Waals surface area contributed by atoms with E-state index in [2.05, 4.69) is 20.5 Å². The van der Waals surface area contributed by atoms with Crippen LogP contribution in [0.5, 0.6) is 23.0 Å². The minimum absolute atomic E-state index is 0.653. The van der Waals surface area contributed by atoms with Crippen LogP contribution in [0.2, 0.25) is 0 Å². The number of nitrogens with zero attached hydrogens (tertiary/aromatic N) is 4. The van der Waals surface area contributed by atoms with E-state index in [9.17, 15) is 0 Å². The standard InChI is InChI=1S/C31H32N4O4/c1-36-28-14-6-24(7-15-28)32-34-26-10-18-30(19-11-26)38-22-4-3-5-23-39-31-20-12-27(13-21-31)35-33-25-8-16-29(37-2)17-9-25/h6-21H,3-5,22-23H2,1-2H3. The van der Waals surface area contributed by atoms with E-state index in [1.54, 1.807) is 14.2 Å². The molecule has 0 aromatic heterocycles. The van der Waals surface area contributed by atoms with Crippen LogP contribution in [0, 0.1) is 0 Å². The SMILES string of the molecule is COc1ccc(N=Nc2ccc(OCCCCCOc3ccc(N=Nc4ccc(OC)cc4)cc3)cc2)cc1. The number of azo groups is 2. The van der Waals surface area contributed by atoms with Crippen LogP contribution in [0.4, 0.5) is 22.7 Å². The van der Waals surface area contributed by atoms with E-state index >= 15 is 0 Å². The fraction of sp³-hybridized carbons (Fsp3) is 0.226. The predicted molar refractivity (Wildman–Crippen MR) is 152 cm³/mol. The summed E-state index contributed by atoms with van der Waals surface area (Å²) in [5.74, 6) is 3.22. The fourth-order valence-corrected chi connectivity index (χ4v) is 3.51. The Morgan fingerprint density at radius 3 is 0.949 bits per heavy atom. The summed E-state index contributed by atoms with van der Waals surface area (Å²) in [7, 11) is 3.27. The summed E-state index contributed by atoms with van der Waals surface area (Å²) < 4.78 is 22.0. The number of rotatable bonds is 14. The van der Waals surface area contributed by atoms with Gasteiger partial charge in [0.15, 0.2) is 0 Å². The zero-order valence-electron chi connectivity index (χ0n) is 22.2. The van der Waals surface area contributed by atoms with Gasteiger partial charge >= 0.3 is 0 Å². The molecule has 0 saturated heterocycles. The van der Waals surface area contributed by atoms with Gasteiger partial charge in [0.25, 0.3) is 0 Å². The quantitative estimate of drug-likeness (QED) is 0.122. The highest BCUT2D eigenvalue weighted by Crippen LogP contribution is 2.24. The Kier molecular flexibility index (Phi) is 10.4. The first kappa shape index (κ1) is 27.3. The first-order valence-electron chi connectivity index (χ1n) is 12.8. The van der Waals surface area contributed by atoms with E-state index in [4.69, 9.17) is 18.9 Å². The molecule has 0 heterocycles.